The predicted octanol–water partition coefficient (Wildman–Crippen LogP) is 3.71. The Balaban J connectivity index is 2.49. The zero-order chi connectivity index (χ0) is 12.5. The highest BCUT2D eigenvalue weighted by Crippen LogP contribution is 2.15. The van der Waals surface area contributed by atoms with E-state index in [0.717, 1.165) is 0 Å². The molecule has 2 aromatic carbocycles. The number of benzene rings is 2. The van der Waals surface area contributed by atoms with E-state index in [2.05, 4.69) is 31.9 Å². The van der Waals surface area contributed by atoms with Crippen LogP contribution in [0.15, 0.2) is 57.5 Å². The van der Waals surface area contributed by atoms with Crippen LogP contribution in [0.25, 0.3) is 0 Å². The molecule has 0 aliphatic heterocycles. The maximum absolute atomic E-state index is 14.3. The third-order valence-corrected chi connectivity index (χ3v) is 5.43. The third-order valence-electron chi connectivity index (χ3n) is 2.37. The Morgan fingerprint density at radius 3 is 1.53 bits per heavy atom. The van der Waals surface area contributed by atoms with Crippen molar-refractivity contribution in [3.8, 4) is 0 Å². The molecule has 0 saturated carbocycles. The van der Waals surface area contributed by atoms with Crippen LogP contribution >= 0.6 is 31.9 Å². The zero-order valence-electron chi connectivity index (χ0n) is 8.63. The molecule has 0 unspecified atom stereocenters. The van der Waals surface area contributed by atoms with E-state index >= 15 is 0 Å². The van der Waals surface area contributed by atoms with Crippen molar-refractivity contribution in [2.45, 2.75) is 0 Å². The second-order valence-electron chi connectivity index (χ2n) is 3.60. The Bertz CT molecular complexity index is 496. The lowest BCUT2D eigenvalue weighted by Gasteiger charge is -2.14. The number of hydrogen-bond acceptors (Lipinski definition) is 0. The van der Waals surface area contributed by atoms with Gasteiger partial charge in [0.1, 0.15) is 0 Å². The fraction of sp³-hybridized carbons (Fsp3) is 0. The quantitative estimate of drug-likeness (QED) is 0.552. The molecule has 17 heavy (non-hydrogen) atoms. The average molecular weight is 378 g/mol. The van der Waals surface area contributed by atoms with Gasteiger partial charge in [0.25, 0.3) is 0 Å². The lowest BCUT2D eigenvalue weighted by atomic mass is 10.4. The van der Waals surface area contributed by atoms with E-state index in [9.17, 15) is 8.22 Å². The van der Waals surface area contributed by atoms with Gasteiger partial charge in [-0.05, 0) is 24.3 Å². The summed E-state index contributed by atoms with van der Waals surface area (Å²) < 4.78 is 30.0. The number of hydrogen-bond donors (Lipinski definition) is 0. The van der Waals surface area contributed by atoms with E-state index in [-0.39, 0.29) is 10.4 Å². The van der Waals surface area contributed by atoms with Crippen molar-refractivity contribution in [1.82, 2.24) is 0 Å². The van der Waals surface area contributed by atoms with E-state index in [0.29, 0.717) is 8.95 Å². The molecule has 0 N–H and O–H groups in total. The first-order chi connectivity index (χ1) is 8.00. The fourth-order valence-corrected chi connectivity index (χ4v) is 4.37. The second kappa shape index (κ2) is 5.00. The highest BCUT2D eigenvalue weighted by Gasteiger charge is 2.40. The van der Waals surface area contributed by atoms with Crippen molar-refractivity contribution >= 4 is 51.0 Å². The van der Waals surface area contributed by atoms with Gasteiger partial charge in [0.05, 0.1) is 0 Å². The monoisotopic (exact) mass is 376 g/mol. The topological polar surface area (TPSA) is 0 Å². The summed E-state index contributed by atoms with van der Waals surface area (Å²) in [6.45, 7) is 0. The molecule has 0 nitrogen and oxygen atoms in total. The molecule has 0 fully saturated rings. The van der Waals surface area contributed by atoms with Crippen LogP contribution in [0.1, 0.15) is 0 Å². The van der Waals surface area contributed by atoms with Crippen molar-refractivity contribution in [3.63, 3.8) is 0 Å². The van der Waals surface area contributed by atoms with Gasteiger partial charge in [-0.15, -0.1) is 0 Å². The molecular weight excluding hydrogens is 370 g/mol. The van der Waals surface area contributed by atoms with Crippen molar-refractivity contribution in [3.05, 3.63) is 57.5 Å². The summed E-state index contributed by atoms with van der Waals surface area (Å²) in [5.41, 5.74) is 0. The Kier molecular flexibility index (Phi) is 3.80. The predicted molar refractivity (Wildman–Crippen MR) is 75.5 cm³/mol. The van der Waals surface area contributed by atoms with E-state index in [1.807, 2.05) is 0 Å². The van der Waals surface area contributed by atoms with E-state index < -0.39 is 8.74 Å². The van der Waals surface area contributed by atoms with Crippen molar-refractivity contribution < 1.29 is 8.22 Å². The summed E-state index contributed by atoms with van der Waals surface area (Å²) in [4.78, 5) is 0. The Hall–Kier alpha value is -0.523. The third kappa shape index (κ3) is 2.84. The molecule has 0 radical (unpaired) electrons. The summed E-state index contributed by atoms with van der Waals surface area (Å²) >= 11 is 6.44. The maximum atomic E-state index is 14.3. The van der Waals surface area contributed by atoms with Crippen LogP contribution in [0.2, 0.25) is 0 Å². The number of halogens is 4. The van der Waals surface area contributed by atoms with Crippen LogP contribution in [0, 0.1) is 0 Å². The van der Waals surface area contributed by atoms with Gasteiger partial charge in [0.2, 0.25) is 0 Å². The molecule has 0 aliphatic carbocycles. The molecule has 0 aromatic heterocycles. The summed E-state index contributed by atoms with van der Waals surface area (Å²) in [5, 5.41) is 0.231. The number of rotatable bonds is 2. The van der Waals surface area contributed by atoms with Gasteiger partial charge >= 0.3 is 8.74 Å². The molecule has 0 bridgehead atoms. The molecule has 5 heteroatoms. The van der Waals surface area contributed by atoms with Crippen LogP contribution in [0.4, 0.5) is 8.22 Å². The van der Waals surface area contributed by atoms with Crippen molar-refractivity contribution in [1.29, 1.82) is 0 Å². The SMILES string of the molecule is F[Si](F)(c1cccc(Br)c1)c1cccc(Br)c1. The van der Waals surface area contributed by atoms with E-state index in [1.165, 1.54) is 24.3 Å². The maximum Gasteiger partial charge on any atom is 0.487 e. The van der Waals surface area contributed by atoms with Gasteiger partial charge in [-0.1, -0.05) is 56.1 Å². The molecule has 0 saturated heterocycles. The Morgan fingerprint density at radius 1 is 0.765 bits per heavy atom. The van der Waals surface area contributed by atoms with Gasteiger partial charge < -0.3 is 0 Å². The minimum absolute atomic E-state index is 0.116. The molecule has 0 amide bonds. The fourth-order valence-electron chi connectivity index (χ4n) is 1.53. The Morgan fingerprint density at radius 2 is 1.18 bits per heavy atom. The molecule has 2 rings (SSSR count). The normalized spacial score (nSPS) is 11.5. The summed E-state index contributed by atoms with van der Waals surface area (Å²) in [5.74, 6) is 0. The summed E-state index contributed by atoms with van der Waals surface area (Å²) in [6, 6.07) is 12.7. The van der Waals surface area contributed by atoms with Gasteiger partial charge in [-0.25, -0.2) is 0 Å². The lowest BCUT2D eigenvalue weighted by molar-refractivity contribution is 0.654. The second-order valence-corrected chi connectivity index (χ2v) is 7.73. The minimum atomic E-state index is -4.58. The van der Waals surface area contributed by atoms with E-state index in [4.69, 9.17) is 0 Å². The standard InChI is InChI=1S/C12H8Br2F2Si/c13-9-3-1-5-11(7-9)17(15,16)12-6-2-4-10(14)8-12/h1-8H. The van der Waals surface area contributed by atoms with Crippen LogP contribution in [-0.2, 0) is 0 Å². The van der Waals surface area contributed by atoms with Gasteiger partial charge in [-0.2, -0.15) is 0 Å². The molecule has 0 heterocycles. The van der Waals surface area contributed by atoms with E-state index in [1.54, 1.807) is 24.3 Å². The Labute approximate surface area is 116 Å². The first-order valence-corrected chi connectivity index (χ1v) is 8.24. The first kappa shape index (κ1) is 12.9. The molecule has 88 valence electrons. The van der Waals surface area contributed by atoms with Crippen LogP contribution < -0.4 is 10.4 Å². The minimum Gasteiger partial charge on any atom is -0.259 e. The smallest absolute Gasteiger partial charge is 0.259 e. The molecule has 0 atom stereocenters. The molecule has 0 spiro atoms. The average Bonchev–Trinajstić information content (AvgIpc) is 2.29. The molecule has 2 aromatic rings. The first-order valence-electron chi connectivity index (χ1n) is 4.90. The van der Waals surface area contributed by atoms with Crippen LogP contribution in [-0.4, -0.2) is 8.74 Å². The summed E-state index contributed by atoms with van der Waals surface area (Å²) in [6.07, 6.45) is 0. The molecule has 0 aliphatic rings. The zero-order valence-corrected chi connectivity index (χ0v) is 12.8. The largest absolute Gasteiger partial charge is 0.487 e. The van der Waals surface area contributed by atoms with Crippen LogP contribution in [0.5, 0.6) is 0 Å². The van der Waals surface area contributed by atoms with Crippen molar-refractivity contribution in [2.75, 3.05) is 0 Å². The van der Waals surface area contributed by atoms with Gasteiger partial charge in [0, 0.05) is 19.3 Å². The lowest BCUT2D eigenvalue weighted by Crippen LogP contribution is -2.50. The highest BCUT2D eigenvalue weighted by molar-refractivity contribution is 9.10. The van der Waals surface area contributed by atoms with Crippen molar-refractivity contribution in [2.24, 2.45) is 0 Å². The highest BCUT2D eigenvalue weighted by atomic mass is 79.9. The molecular formula is C12H8Br2F2Si. The summed E-state index contributed by atoms with van der Waals surface area (Å²) in [7, 11) is -4.58. The van der Waals surface area contributed by atoms with Gasteiger partial charge in [-0.3, -0.25) is 8.22 Å². The van der Waals surface area contributed by atoms with Gasteiger partial charge in [0.15, 0.2) is 0 Å². The van der Waals surface area contributed by atoms with Crippen LogP contribution in [0.3, 0.4) is 0 Å².